The molecule has 0 radical (unpaired) electrons. The SMILES string of the molecule is Ic1ccccc1N=C(Nc1ccccc1)c1ccccc1. The quantitative estimate of drug-likeness (QED) is 0.353. The van der Waals surface area contributed by atoms with Crippen molar-refractivity contribution >= 4 is 39.8 Å². The van der Waals surface area contributed by atoms with Gasteiger partial charge in [0.05, 0.1) is 5.69 Å². The van der Waals surface area contributed by atoms with E-state index in [2.05, 4.69) is 46.1 Å². The zero-order valence-corrected chi connectivity index (χ0v) is 14.1. The summed E-state index contributed by atoms with van der Waals surface area (Å²) in [6, 6.07) is 28.4. The number of anilines is 1. The summed E-state index contributed by atoms with van der Waals surface area (Å²) in [7, 11) is 0. The molecule has 3 aromatic rings. The maximum absolute atomic E-state index is 4.82. The van der Waals surface area contributed by atoms with Gasteiger partial charge in [-0.3, -0.25) is 0 Å². The van der Waals surface area contributed by atoms with Crippen molar-refractivity contribution in [3.8, 4) is 0 Å². The molecule has 0 saturated heterocycles. The van der Waals surface area contributed by atoms with E-state index in [4.69, 9.17) is 4.99 Å². The number of para-hydroxylation sites is 2. The highest BCUT2D eigenvalue weighted by molar-refractivity contribution is 14.1. The number of halogens is 1. The standard InChI is InChI=1S/C19H15IN2/c20-17-13-7-8-14-18(17)22-19(15-9-3-1-4-10-15)21-16-11-5-2-6-12-16/h1-14H,(H,21,22). The van der Waals surface area contributed by atoms with E-state index in [1.807, 2.05) is 66.7 Å². The Bertz CT molecular complexity index is 768. The highest BCUT2D eigenvalue weighted by Gasteiger charge is 2.05. The second kappa shape index (κ2) is 7.22. The van der Waals surface area contributed by atoms with Crippen LogP contribution >= 0.6 is 22.6 Å². The third kappa shape index (κ3) is 3.74. The van der Waals surface area contributed by atoms with Gasteiger partial charge in [0, 0.05) is 14.8 Å². The minimum Gasteiger partial charge on any atom is -0.340 e. The maximum atomic E-state index is 4.82. The number of hydrogen-bond acceptors (Lipinski definition) is 1. The van der Waals surface area contributed by atoms with E-state index >= 15 is 0 Å². The third-order valence-corrected chi connectivity index (χ3v) is 4.08. The van der Waals surface area contributed by atoms with Crippen LogP contribution in [0.15, 0.2) is 89.9 Å². The average molecular weight is 398 g/mol. The summed E-state index contributed by atoms with van der Waals surface area (Å²) in [5.41, 5.74) is 3.05. The van der Waals surface area contributed by atoms with Gasteiger partial charge < -0.3 is 5.32 Å². The highest BCUT2D eigenvalue weighted by atomic mass is 127. The van der Waals surface area contributed by atoms with Crippen molar-refractivity contribution in [2.75, 3.05) is 5.32 Å². The van der Waals surface area contributed by atoms with Crippen LogP contribution in [0.1, 0.15) is 5.56 Å². The van der Waals surface area contributed by atoms with Gasteiger partial charge >= 0.3 is 0 Å². The van der Waals surface area contributed by atoms with Gasteiger partial charge in [0.1, 0.15) is 5.84 Å². The summed E-state index contributed by atoms with van der Waals surface area (Å²) in [6.07, 6.45) is 0. The monoisotopic (exact) mass is 398 g/mol. The van der Waals surface area contributed by atoms with Gasteiger partial charge in [0.15, 0.2) is 0 Å². The Morgan fingerprint density at radius 1 is 0.727 bits per heavy atom. The van der Waals surface area contributed by atoms with E-state index in [9.17, 15) is 0 Å². The van der Waals surface area contributed by atoms with Gasteiger partial charge in [-0.2, -0.15) is 0 Å². The molecule has 0 spiro atoms. The zero-order valence-electron chi connectivity index (χ0n) is 11.9. The molecule has 0 heterocycles. The van der Waals surface area contributed by atoms with Crippen LogP contribution in [-0.4, -0.2) is 5.84 Å². The molecular weight excluding hydrogens is 383 g/mol. The lowest BCUT2D eigenvalue weighted by Crippen LogP contribution is -2.13. The van der Waals surface area contributed by atoms with Crippen molar-refractivity contribution in [3.63, 3.8) is 0 Å². The molecule has 0 bridgehead atoms. The second-order valence-corrected chi connectivity index (χ2v) is 5.93. The van der Waals surface area contributed by atoms with Crippen LogP contribution in [0.4, 0.5) is 11.4 Å². The molecule has 3 aromatic carbocycles. The van der Waals surface area contributed by atoms with Crippen molar-refractivity contribution in [1.82, 2.24) is 0 Å². The average Bonchev–Trinajstić information content (AvgIpc) is 2.58. The molecule has 0 aliphatic rings. The number of amidine groups is 1. The molecule has 0 aliphatic heterocycles. The molecule has 1 N–H and O–H groups in total. The molecule has 3 rings (SSSR count). The minimum atomic E-state index is 0.843. The van der Waals surface area contributed by atoms with Gasteiger partial charge in [-0.25, -0.2) is 4.99 Å². The van der Waals surface area contributed by atoms with Crippen LogP contribution in [0.5, 0.6) is 0 Å². The van der Waals surface area contributed by atoms with Crippen molar-refractivity contribution in [2.45, 2.75) is 0 Å². The molecule has 0 atom stereocenters. The lowest BCUT2D eigenvalue weighted by molar-refractivity contribution is 1.44. The van der Waals surface area contributed by atoms with Gasteiger partial charge in [-0.1, -0.05) is 60.7 Å². The van der Waals surface area contributed by atoms with Crippen LogP contribution in [0.3, 0.4) is 0 Å². The van der Waals surface area contributed by atoms with Gasteiger partial charge in [-0.15, -0.1) is 0 Å². The molecule has 0 fully saturated rings. The number of aliphatic imine (C=N–C) groups is 1. The summed E-state index contributed by atoms with van der Waals surface area (Å²) >= 11 is 2.31. The molecule has 0 aromatic heterocycles. The summed E-state index contributed by atoms with van der Waals surface area (Å²) < 4.78 is 1.13. The first-order valence-electron chi connectivity index (χ1n) is 7.03. The van der Waals surface area contributed by atoms with E-state index in [-0.39, 0.29) is 0 Å². The van der Waals surface area contributed by atoms with Crippen LogP contribution < -0.4 is 5.32 Å². The predicted octanol–water partition coefficient (Wildman–Crippen LogP) is 5.48. The topological polar surface area (TPSA) is 24.4 Å². The van der Waals surface area contributed by atoms with Crippen molar-refractivity contribution in [2.24, 2.45) is 4.99 Å². The fraction of sp³-hybridized carbons (Fsp3) is 0. The minimum absolute atomic E-state index is 0.843. The van der Waals surface area contributed by atoms with Crippen molar-refractivity contribution in [3.05, 3.63) is 94.1 Å². The van der Waals surface area contributed by atoms with Crippen LogP contribution in [0.2, 0.25) is 0 Å². The first-order valence-corrected chi connectivity index (χ1v) is 8.11. The summed E-state index contributed by atoms with van der Waals surface area (Å²) in [5.74, 6) is 0.843. The number of nitrogens with zero attached hydrogens (tertiary/aromatic N) is 1. The molecule has 3 heteroatoms. The van der Waals surface area contributed by atoms with Crippen molar-refractivity contribution < 1.29 is 0 Å². The Hall–Kier alpha value is -2.14. The van der Waals surface area contributed by atoms with E-state index in [0.29, 0.717) is 0 Å². The number of nitrogens with one attached hydrogen (secondary N) is 1. The smallest absolute Gasteiger partial charge is 0.138 e. The number of benzene rings is 3. The predicted molar refractivity (Wildman–Crippen MR) is 102 cm³/mol. The maximum Gasteiger partial charge on any atom is 0.138 e. The van der Waals surface area contributed by atoms with Crippen molar-refractivity contribution in [1.29, 1.82) is 0 Å². The molecule has 2 nitrogen and oxygen atoms in total. The third-order valence-electron chi connectivity index (χ3n) is 3.17. The van der Waals surface area contributed by atoms with Gasteiger partial charge in [0.25, 0.3) is 0 Å². The molecule has 0 unspecified atom stereocenters. The molecule has 0 saturated carbocycles. The molecular formula is C19H15IN2. The normalized spacial score (nSPS) is 11.2. The Kier molecular flexibility index (Phi) is 4.85. The molecule has 0 amide bonds. The zero-order chi connectivity index (χ0) is 15.2. The fourth-order valence-corrected chi connectivity index (χ4v) is 2.59. The van der Waals surface area contributed by atoms with Crippen LogP contribution in [-0.2, 0) is 0 Å². The summed E-state index contributed by atoms with van der Waals surface area (Å²) in [5, 5.41) is 3.42. The Labute approximate surface area is 144 Å². The molecule has 108 valence electrons. The van der Waals surface area contributed by atoms with Gasteiger partial charge in [-0.05, 0) is 46.9 Å². The number of rotatable bonds is 3. The fourth-order valence-electron chi connectivity index (χ4n) is 2.08. The van der Waals surface area contributed by atoms with Gasteiger partial charge in [0.2, 0.25) is 0 Å². The van der Waals surface area contributed by atoms with E-state index < -0.39 is 0 Å². The molecule has 0 aliphatic carbocycles. The molecule has 22 heavy (non-hydrogen) atoms. The number of hydrogen-bond donors (Lipinski definition) is 1. The van der Waals surface area contributed by atoms with E-state index in [1.54, 1.807) is 0 Å². The first kappa shape index (κ1) is 14.8. The summed E-state index contributed by atoms with van der Waals surface area (Å²) in [6.45, 7) is 0. The van der Waals surface area contributed by atoms with Crippen LogP contribution in [0.25, 0.3) is 0 Å². The lowest BCUT2D eigenvalue weighted by atomic mass is 10.2. The van der Waals surface area contributed by atoms with E-state index in [0.717, 1.165) is 26.3 Å². The largest absolute Gasteiger partial charge is 0.340 e. The van der Waals surface area contributed by atoms with Crippen LogP contribution in [0, 0.1) is 3.57 Å². The highest BCUT2D eigenvalue weighted by Crippen LogP contribution is 2.22. The first-order chi connectivity index (χ1) is 10.8. The summed E-state index contributed by atoms with van der Waals surface area (Å²) in [4.78, 5) is 4.82. The Morgan fingerprint density at radius 3 is 2.00 bits per heavy atom. The lowest BCUT2D eigenvalue weighted by Gasteiger charge is -2.11. The Balaban J connectivity index is 2.02. The Morgan fingerprint density at radius 2 is 1.32 bits per heavy atom. The van der Waals surface area contributed by atoms with E-state index in [1.165, 1.54) is 0 Å². The second-order valence-electron chi connectivity index (χ2n) is 4.77.